The molecule has 0 saturated carbocycles. The number of aromatic amines is 1. The summed E-state index contributed by atoms with van der Waals surface area (Å²) in [7, 11) is 0. The minimum absolute atomic E-state index is 0.0493. The number of halogens is 3. The van der Waals surface area contributed by atoms with Crippen molar-refractivity contribution >= 4 is 40.7 Å². The number of hydrogen-bond acceptors (Lipinski definition) is 3. The predicted octanol–water partition coefficient (Wildman–Crippen LogP) is 2.74. The Balaban J connectivity index is 1.98. The molecular weight excluding hydrogens is 311 g/mol. The highest BCUT2D eigenvalue weighted by Crippen LogP contribution is 2.30. The average Bonchev–Trinajstić information content (AvgIpc) is 2.89. The third-order valence-corrected chi connectivity index (χ3v) is 3.61. The molecule has 100 valence electrons. The van der Waals surface area contributed by atoms with Gasteiger partial charge in [-0.2, -0.15) is 0 Å². The predicted molar refractivity (Wildman–Crippen MR) is 73.9 cm³/mol. The van der Waals surface area contributed by atoms with Gasteiger partial charge < -0.3 is 10.3 Å². The molecule has 0 aliphatic rings. The molecule has 5 nitrogen and oxygen atoms in total. The normalized spacial score (nSPS) is 10.5. The van der Waals surface area contributed by atoms with E-state index in [-0.39, 0.29) is 20.8 Å². The smallest absolute Gasteiger partial charge is 0.271 e. The second-order valence-corrected chi connectivity index (χ2v) is 4.83. The number of imidazole rings is 1. The standard InChI is InChI=1S/C11H9Cl3N4O/c12-7-4-17-10(9(14)8(7)13)11(19)16-2-1-6-3-15-5-18-6/h3-5H,1-2H2,(H,15,18)(H,16,19). The Morgan fingerprint density at radius 2 is 2.05 bits per heavy atom. The van der Waals surface area contributed by atoms with Gasteiger partial charge in [0.2, 0.25) is 0 Å². The number of rotatable bonds is 4. The van der Waals surface area contributed by atoms with Crippen LogP contribution in [0.4, 0.5) is 0 Å². The first-order chi connectivity index (χ1) is 9.09. The minimum atomic E-state index is -0.400. The molecule has 0 saturated heterocycles. The van der Waals surface area contributed by atoms with Crippen molar-refractivity contribution in [1.82, 2.24) is 20.3 Å². The zero-order valence-electron chi connectivity index (χ0n) is 9.58. The Kier molecular flexibility index (Phi) is 4.63. The van der Waals surface area contributed by atoms with E-state index < -0.39 is 5.91 Å². The van der Waals surface area contributed by atoms with Gasteiger partial charge >= 0.3 is 0 Å². The van der Waals surface area contributed by atoms with Crippen LogP contribution >= 0.6 is 34.8 Å². The van der Waals surface area contributed by atoms with E-state index in [1.807, 2.05) is 0 Å². The highest BCUT2D eigenvalue weighted by atomic mass is 35.5. The van der Waals surface area contributed by atoms with Gasteiger partial charge in [-0.1, -0.05) is 34.8 Å². The summed E-state index contributed by atoms with van der Waals surface area (Å²) < 4.78 is 0. The summed E-state index contributed by atoms with van der Waals surface area (Å²) in [5.41, 5.74) is 0.981. The van der Waals surface area contributed by atoms with E-state index in [1.165, 1.54) is 6.20 Å². The largest absolute Gasteiger partial charge is 0.350 e. The molecule has 0 bridgehead atoms. The molecule has 0 unspecified atom stereocenters. The number of carbonyl (C=O) groups is 1. The molecule has 8 heteroatoms. The molecule has 0 aromatic carbocycles. The summed E-state index contributed by atoms with van der Waals surface area (Å²) in [4.78, 5) is 22.6. The average molecular weight is 320 g/mol. The van der Waals surface area contributed by atoms with Crippen LogP contribution in [0.1, 0.15) is 16.2 Å². The highest BCUT2D eigenvalue weighted by molar-refractivity contribution is 6.48. The quantitative estimate of drug-likeness (QED) is 0.910. The van der Waals surface area contributed by atoms with Gasteiger partial charge in [0.25, 0.3) is 5.91 Å². The van der Waals surface area contributed by atoms with Crippen LogP contribution in [-0.2, 0) is 6.42 Å². The summed E-state index contributed by atoms with van der Waals surface area (Å²) in [6.07, 6.45) is 5.19. The molecule has 0 atom stereocenters. The van der Waals surface area contributed by atoms with Gasteiger partial charge in [0, 0.05) is 31.1 Å². The topological polar surface area (TPSA) is 70.7 Å². The van der Waals surface area contributed by atoms with E-state index in [2.05, 4.69) is 20.3 Å². The lowest BCUT2D eigenvalue weighted by Crippen LogP contribution is -2.27. The lowest BCUT2D eigenvalue weighted by Gasteiger charge is -2.07. The fourth-order valence-electron chi connectivity index (χ4n) is 1.42. The van der Waals surface area contributed by atoms with Crippen LogP contribution in [0.25, 0.3) is 0 Å². The second-order valence-electron chi connectivity index (χ2n) is 3.67. The molecule has 2 N–H and O–H groups in total. The Morgan fingerprint density at radius 1 is 1.26 bits per heavy atom. The van der Waals surface area contributed by atoms with Crippen LogP contribution in [-0.4, -0.2) is 27.4 Å². The summed E-state index contributed by atoms with van der Waals surface area (Å²) >= 11 is 17.5. The zero-order chi connectivity index (χ0) is 13.8. The number of H-pyrrole nitrogens is 1. The molecular formula is C11H9Cl3N4O. The van der Waals surface area contributed by atoms with E-state index in [0.29, 0.717) is 13.0 Å². The van der Waals surface area contributed by atoms with Crippen molar-refractivity contribution in [3.63, 3.8) is 0 Å². The van der Waals surface area contributed by atoms with Crippen LogP contribution in [0.3, 0.4) is 0 Å². The molecule has 2 rings (SSSR count). The number of amides is 1. The molecule has 19 heavy (non-hydrogen) atoms. The minimum Gasteiger partial charge on any atom is -0.350 e. The highest BCUT2D eigenvalue weighted by Gasteiger charge is 2.16. The van der Waals surface area contributed by atoms with E-state index >= 15 is 0 Å². The number of carbonyl (C=O) groups excluding carboxylic acids is 1. The van der Waals surface area contributed by atoms with Crippen molar-refractivity contribution in [2.45, 2.75) is 6.42 Å². The number of pyridine rings is 1. The van der Waals surface area contributed by atoms with E-state index in [1.54, 1.807) is 12.5 Å². The Labute approximate surface area is 124 Å². The molecule has 0 aliphatic carbocycles. The second kappa shape index (κ2) is 6.23. The van der Waals surface area contributed by atoms with Gasteiger partial charge in [-0.3, -0.25) is 4.79 Å². The van der Waals surface area contributed by atoms with Crippen LogP contribution in [0.2, 0.25) is 15.1 Å². The van der Waals surface area contributed by atoms with Gasteiger partial charge in [0.05, 0.1) is 21.4 Å². The number of nitrogens with one attached hydrogen (secondary N) is 2. The van der Waals surface area contributed by atoms with Crippen molar-refractivity contribution < 1.29 is 4.79 Å². The first-order valence-corrected chi connectivity index (χ1v) is 6.48. The third kappa shape index (κ3) is 3.37. The third-order valence-electron chi connectivity index (χ3n) is 2.37. The molecule has 2 heterocycles. The first-order valence-electron chi connectivity index (χ1n) is 5.34. The number of hydrogen-bond donors (Lipinski definition) is 2. The molecule has 1 amide bonds. The molecule has 0 spiro atoms. The maximum absolute atomic E-state index is 11.9. The SMILES string of the molecule is O=C(NCCc1cnc[nH]1)c1ncc(Cl)c(Cl)c1Cl. The number of nitrogens with zero attached hydrogens (tertiary/aromatic N) is 2. The zero-order valence-corrected chi connectivity index (χ0v) is 11.9. The molecule has 2 aromatic heterocycles. The van der Waals surface area contributed by atoms with Gasteiger partial charge in [-0.15, -0.1) is 0 Å². The lowest BCUT2D eigenvalue weighted by atomic mass is 10.3. The number of aromatic nitrogens is 3. The van der Waals surface area contributed by atoms with Crippen LogP contribution in [0.15, 0.2) is 18.7 Å². The Hall–Kier alpha value is -1.30. The lowest BCUT2D eigenvalue weighted by molar-refractivity contribution is 0.0949. The molecule has 0 radical (unpaired) electrons. The van der Waals surface area contributed by atoms with E-state index in [0.717, 1.165) is 5.69 Å². The van der Waals surface area contributed by atoms with Crippen molar-refractivity contribution in [3.05, 3.63) is 45.2 Å². The van der Waals surface area contributed by atoms with Gasteiger partial charge in [0.1, 0.15) is 5.69 Å². The summed E-state index contributed by atoms with van der Waals surface area (Å²) in [6.45, 7) is 0.430. The fraction of sp³-hybridized carbons (Fsp3) is 0.182. The first kappa shape index (κ1) is 14.1. The van der Waals surface area contributed by atoms with Crippen molar-refractivity contribution in [1.29, 1.82) is 0 Å². The summed E-state index contributed by atoms with van der Waals surface area (Å²) in [5, 5.41) is 3.07. The maximum Gasteiger partial charge on any atom is 0.271 e. The van der Waals surface area contributed by atoms with Crippen LogP contribution in [0, 0.1) is 0 Å². The van der Waals surface area contributed by atoms with E-state index in [4.69, 9.17) is 34.8 Å². The monoisotopic (exact) mass is 318 g/mol. The molecule has 2 aromatic rings. The van der Waals surface area contributed by atoms with Gasteiger partial charge in [-0.25, -0.2) is 9.97 Å². The van der Waals surface area contributed by atoms with Crippen molar-refractivity contribution in [3.8, 4) is 0 Å². The molecule has 0 fully saturated rings. The van der Waals surface area contributed by atoms with E-state index in [9.17, 15) is 4.79 Å². The Morgan fingerprint density at radius 3 is 2.74 bits per heavy atom. The fourth-order valence-corrected chi connectivity index (χ4v) is 1.98. The Bertz CT molecular complexity index is 586. The van der Waals surface area contributed by atoms with Gasteiger partial charge in [0.15, 0.2) is 0 Å². The maximum atomic E-state index is 11.9. The van der Waals surface area contributed by atoms with Gasteiger partial charge in [-0.05, 0) is 0 Å². The summed E-state index contributed by atoms with van der Waals surface area (Å²) in [5.74, 6) is -0.400. The van der Waals surface area contributed by atoms with Crippen LogP contribution < -0.4 is 5.32 Å². The molecule has 0 aliphatic heterocycles. The van der Waals surface area contributed by atoms with Crippen molar-refractivity contribution in [2.24, 2.45) is 0 Å². The summed E-state index contributed by atoms with van der Waals surface area (Å²) in [6, 6.07) is 0. The van der Waals surface area contributed by atoms with Crippen molar-refractivity contribution in [2.75, 3.05) is 6.54 Å². The van der Waals surface area contributed by atoms with Crippen LogP contribution in [0.5, 0.6) is 0 Å².